The summed E-state index contributed by atoms with van der Waals surface area (Å²) >= 11 is 35.9. The minimum absolute atomic E-state index is 0.171. The van der Waals surface area contributed by atoms with Crippen LogP contribution in [0.2, 0.25) is 30.1 Å². The van der Waals surface area contributed by atoms with Crippen LogP contribution in [-0.2, 0) is 0 Å². The molecule has 0 saturated heterocycles. The second-order valence-electron chi connectivity index (χ2n) is 3.04. The Morgan fingerprint density at radius 1 is 0.562 bits per heavy atom. The highest BCUT2D eigenvalue weighted by Crippen LogP contribution is 2.46. The van der Waals surface area contributed by atoms with Gasteiger partial charge in [0.15, 0.2) is 0 Å². The fraction of sp³-hybridized carbons (Fsp3) is 0. The molecule has 2 aromatic carbocycles. The highest BCUT2D eigenvalue weighted by atomic mass is 35.5. The van der Waals surface area contributed by atoms with Crippen molar-refractivity contribution in [2.75, 3.05) is 0 Å². The molecule has 0 aliphatic heterocycles. The lowest BCUT2D eigenvalue weighted by molar-refractivity contribution is 1.73. The molecular formula is C10H2Cl6. The normalized spacial score (nSPS) is 11.1. The van der Waals surface area contributed by atoms with Gasteiger partial charge in [-0.25, -0.2) is 0 Å². The third-order valence-electron chi connectivity index (χ3n) is 2.13. The van der Waals surface area contributed by atoms with E-state index in [1.165, 1.54) is 0 Å². The SMILES string of the molecule is Clc1ccc2c(Cl)c(Cl)c(Cl)c(Cl)c2c1Cl. The van der Waals surface area contributed by atoms with Crippen LogP contribution < -0.4 is 0 Å². The molecule has 0 fully saturated rings. The number of hydrogen-bond acceptors (Lipinski definition) is 0. The van der Waals surface area contributed by atoms with Crippen molar-refractivity contribution in [2.45, 2.75) is 0 Å². The van der Waals surface area contributed by atoms with Gasteiger partial charge in [-0.05, 0) is 6.07 Å². The molecule has 84 valence electrons. The first-order valence-electron chi connectivity index (χ1n) is 4.04. The number of halogens is 6. The van der Waals surface area contributed by atoms with E-state index in [0.717, 1.165) is 0 Å². The van der Waals surface area contributed by atoms with Crippen molar-refractivity contribution in [3.63, 3.8) is 0 Å². The predicted molar refractivity (Wildman–Crippen MR) is 74.0 cm³/mol. The summed E-state index contributed by atoms with van der Waals surface area (Å²) < 4.78 is 0. The van der Waals surface area contributed by atoms with Crippen LogP contribution in [0.1, 0.15) is 0 Å². The molecular weight excluding hydrogens is 333 g/mol. The maximum Gasteiger partial charge on any atom is 0.0800 e. The first-order chi connectivity index (χ1) is 7.45. The van der Waals surface area contributed by atoms with Crippen LogP contribution in [0.5, 0.6) is 0 Å². The molecule has 0 bridgehead atoms. The second kappa shape index (κ2) is 4.61. The Bertz CT molecular complexity index is 590. The highest BCUT2D eigenvalue weighted by Gasteiger charge is 2.17. The quantitative estimate of drug-likeness (QED) is 0.369. The third kappa shape index (κ3) is 1.86. The van der Waals surface area contributed by atoms with Gasteiger partial charge in [-0.3, -0.25) is 0 Å². The molecule has 0 N–H and O–H groups in total. The summed E-state index contributed by atoms with van der Waals surface area (Å²) in [6, 6.07) is 3.32. The van der Waals surface area contributed by atoms with Crippen LogP contribution in [0, 0.1) is 0 Å². The number of benzene rings is 2. The van der Waals surface area contributed by atoms with E-state index < -0.39 is 0 Å². The van der Waals surface area contributed by atoms with Gasteiger partial charge in [0.1, 0.15) is 0 Å². The van der Waals surface area contributed by atoms with E-state index in [-0.39, 0.29) is 15.1 Å². The molecule has 0 unspecified atom stereocenters. The van der Waals surface area contributed by atoms with Crippen LogP contribution >= 0.6 is 69.6 Å². The van der Waals surface area contributed by atoms with Crippen molar-refractivity contribution in [2.24, 2.45) is 0 Å². The van der Waals surface area contributed by atoms with Gasteiger partial charge in [-0.2, -0.15) is 0 Å². The van der Waals surface area contributed by atoms with Crippen molar-refractivity contribution in [1.29, 1.82) is 0 Å². The highest BCUT2D eigenvalue weighted by molar-refractivity contribution is 6.57. The second-order valence-corrected chi connectivity index (χ2v) is 5.34. The molecule has 0 saturated carbocycles. The number of rotatable bonds is 0. The third-order valence-corrected chi connectivity index (χ3v) is 4.75. The lowest BCUT2D eigenvalue weighted by Crippen LogP contribution is -1.83. The molecule has 0 aromatic heterocycles. The number of fused-ring (bicyclic) bond motifs is 1. The smallest absolute Gasteiger partial charge is 0.0800 e. The summed E-state index contributed by atoms with van der Waals surface area (Å²) in [5.74, 6) is 0. The Labute approximate surface area is 122 Å². The van der Waals surface area contributed by atoms with Crippen molar-refractivity contribution < 1.29 is 0 Å². The van der Waals surface area contributed by atoms with Crippen LogP contribution in [0.3, 0.4) is 0 Å². The zero-order valence-corrected chi connectivity index (χ0v) is 12.0. The van der Waals surface area contributed by atoms with E-state index in [4.69, 9.17) is 69.6 Å². The van der Waals surface area contributed by atoms with Crippen molar-refractivity contribution in [1.82, 2.24) is 0 Å². The van der Waals surface area contributed by atoms with Gasteiger partial charge in [0.05, 0.1) is 30.1 Å². The largest absolute Gasteiger partial charge is 0.0827 e. The van der Waals surface area contributed by atoms with E-state index in [1.807, 2.05) is 0 Å². The lowest BCUT2D eigenvalue weighted by atomic mass is 10.1. The molecule has 0 heterocycles. The summed E-state index contributed by atoms with van der Waals surface area (Å²) in [7, 11) is 0. The Hall–Kier alpha value is 0.440. The van der Waals surface area contributed by atoms with Crippen molar-refractivity contribution in [3.8, 4) is 0 Å². The molecule has 0 aliphatic rings. The van der Waals surface area contributed by atoms with Crippen molar-refractivity contribution >= 4 is 80.4 Å². The average Bonchev–Trinajstić information content (AvgIpc) is 2.27. The van der Waals surface area contributed by atoms with Crippen LogP contribution in [0.4, 0.5) is 0 Å². The Morgan fingerprint density at radius 3 is 1.75 bits per heavy atom. The van der Waals surface area contributed by atoms with Crippen LogP contribution in [0.25, 0.3) is 10.8 Å². The van der Waals surface area contributed by atoms with Gasteiger partial charge in [-0.1, -0.05) is 75.7 Å². The first kappa shape index (κ1) is 12.9. The fourth-order valence-electron chi connectivity index (χ4n) is 1.37. The van der Waals surface area contributed by atoms with Gasteiger partial charge in [-0.15, -0.1) is 0 Å². The summed E-state index contributed by atoms with van der Waals surface area (Å²) in [5, 5.41) is 2.76. The standard InChI is InChI=1S/C10H2Cl6/c11-4-2-1-3-5(7(4)13)8(14)10(16)9(15)6(3)12/h1-2H. The average molecular weight is 335 g/mol. The van der Waals surface area contributed by atoms with Gasteiger partial charge in [0.2, 0.25) is 0 Å². The van der Waals surface area contributed by atoms with Crippen LogP contribution in [-0.4, -0.2) is 0 Å². The first-order valence-corrected chi connectivity index (χ1v) is 6.31. The van der Waals surface area contributed by atoms with Gasteiger partial charge >= 0.3 is 0 Å². The maximum atomic E-state index is 6.06. The fourth-order valence-corrected chi connectivity index (χ4v) is 2.86. The summed E-state index contributed by atoms with van der Waals surface area (Å²) in [6.45, 7) is 0. The molecule has 0 spiro atoms. The van der Waals surface area contributed by atoms with E-state index in [9.17, 15) is 0 Å². The van der Waals surface area contributed by atoms with Crippen LogP contribution in [0.15, 0.2) is 12.1 Å². The minimum Gasteiger partial charge on any atom is -0.0827 e. The predicted octanol–water partition coefficient (Wildman–Crippen LogP) is 6.76. The zero-order valence-electron chi connectivity index (χ0n) is 7.42. The van der Waals surface area contributed by atoms with E-state index in [0.29, 0.717) is 25.8 Å². The summed E-state index contributed by atoms with van der Waals surface area (Å²) in [6.07, 6.45) is 0. The molecule has 0 radical (unpaired) electrons. The van der Waals surface area contributed by atoms with Crippen molar-refractivity contribution in [3.05, 3.63) is 42.3 Å². The minimum atomic E-state index is 0.171. The molecule has 6 heteroatoms. The molecule has 2 aromatic rings. The zero-order chi connectivity index (χ0) is 12.0. The molecule has 0 nitrogen and oxygen atoms in total. The molecule has 16 heavy (non-hydrogen) atoms. The van der Waals surface area contributed by atoms with E-state index in [2.05, 4.69) is 0 Å². The molecule has 0 aliphatic carbocycles. The molecule has 2 rings (SSSR count). The van der Waals surface area contributed by atoms with Gasteiger partial charge in [0, 0.05) is 10.8 Å². The molecule has 0 amide bonds. The van der Waals surface area contributed by atoms with E-state index in [1.54, 1.807) is 12.1 Å². The molecule has 0 atom stereocenters. The Balaban J connectivity index is 3.09. The maximum absolute atomic E-state index is 6.06. The lowest BCUT2D eigenvalue weighted by Gasteiger charge is -2.10. The van der Waals surface area contributed by atoms with Gasteiger partial charge in [0.25, 0.3) is 0 Å². The van der Waals surface area contributed by atoms with Gasteiger partial charge < -0.3 is 0 Å². The summed E-state index contributed by atoms with van der Waals surface area (Å²) in [4.78, 5) is 0. The summed E-state index contributed by atoms with van der Waals surface area (Å²) in [5.41, 5.74) is 0. The Kier molecular flexibility index (Phi) is 3.71. The Morgan fingerprint density at radius 2 is 1.12 bits per heavy atom. The monoisotopic (exact) mass is 332 g/mol. The topological polar surface area (TPSA) is 0 Å². The number of hydrogen-bond donors (Lipinski definition) is 0. The van der Waals surface area contributed by atoms with E-state index >= 15 is 0 Å².